The Hall–Kier alpha value is -2.41. The molecule has 2 N–H and O–H groups in total. The van der Waals surface area contributed by atoms with Gasteiger partial charge in [-0.1, -0.05) is 23.2 Å². The molecule has 1 aliphatic heterocycles. The van der Waals surface area contributed by atoms with Gasteiger partial charge in [-0.05, 0) is 85.9 Å². The number of carboxylic acids is 1. The number of benzene rings is 2. The molecule has 3 fully saturated rings. The third-order valence-electron chi connectivity index (χ3n) is 6.82. The molecule has 0 radical (unpaired) electrons. The monoisotopic (exact) mass is 638 g/mol. The molecular formula is C27H28Cl2F4N2O5S. The van der Waals surface area contributed by atoms with Crippen LogP contribution in [0.3, 0.4) is 0 Å². The van der Waals surface area contributed by atoms with Crippen LogP contribution >= 0.6 is 23.2 Å². The average Bonchev–Trinajstić information content (AvgIpc) is 3.78. The van der Waals surface area contributed by atoms with Crippen LogP contribution in [0.15, 0.2) is 30.3 Å². The van der Waals surface area contributed by atoms with Crippen LogP contribution in [0.25, 0.3) is 0 Å². The minimum Gasteiger partial charge on any atom is -0.490 e. The molecule has 5 rings (SSSR count). The second kappa shape index (κ2) is 13.3. The van der Waals surface area contributed by atoms with Crippen molar-refractivity contribution >= 4 is 46.1 Å². The lowest BCUT2D eigenvalue weighted by Gasteiger charge is -2.32. The second-order valence-electron chi connectivity index (χ2n) is 10.2. The van der Waals surface area contributed by atoms with Crippen molar-refractivity contribution in [2.24, 2.45) is 0 Å². The Morgan fingerprint density at radius 1 is 1.00 bits per heavy atom. The summed E-state index contributed by atoms with van der Waals surface area (Å²) in [7, 11) is -1.43. The number of nitrogens with one attached hydrogen (secondary N) is 1. The Morgan fingerprint density at radius 2 is 1.59 bits per heavy atom. The van der Waals surface area contributed by atoms with Crippen molar-refractivity contribution in [1.29, 1.82) is 0 Å². The number of piperidine rings is 1. The maximum atomic E-state index is 14.9. The first-order valence-electron chi connectivity index (χ1n) is 13.0. The van der Waals surface area contributed by atoms with Crippen LogP contribution in [0.4, 0.5) is 17.6 Å². The van der Waals surface area contributed by atoms with E-state index >= 15 is 0 Å². The van der Waals surface area contributed by atoms with E-state index in [9.17, 15) is 26.6 Å². The Labute approximate surface area is 246 Å². The van der Waals surface area contributed by atoms with Gasteiger partial charge in [-0.25, -0.2) is 13.4 Å². The van der Waals surface area contributed by atoms with Gasteiger partial charge in [0.2, 0.25) is 0 Å². The number of amides is 1. The van der Waals surface area contributed by atoms with E-state index in [0.29, 0.717) is 28.3 Å². The lowest BCUT2D eigenvalue weighted by molar-refractivity contribution is -0.192. The number of nitrogens with zero attached hydrogens (tertiary/aromatic N) is 1. The fourth-order valence-electron chi connectivity index (χ4n) is 4.44. The number of hydrogen-bond acceptors (Lipinski definition) is 5. The Morgan fingerprint density at radius 3 is 2.10 bits per heavy atom. The summed E-state index contributed by atoms with van der Waals surface area (Å²) in [6, 6.07) is 8.39. The standard InChI is InChI=1S/C25H27Cl2FN2O3S.C2HF3O2/c26-17-10-18(27)12-20(11-17)33-19-5-7-30(8-6-19)14-16-9-24(28)23(13-22(16)15-1-2-15)25(31)29-34(32)21-3-4-21;3-2(4,5)1(6)7/h9-13,15,19,21H,1-8,14H2,(H,29,31);(H,6,7). The first-order valence-corrected chi connectivity index (χ1v) is 15.0. The molecule has 1 unspecified atom stereocenters. The number of rotatable bonds is 8. The molecule has 7 nitrogen and oxygen atoms in total. The molecule has 14 heteroatoms. The Balaban J connectivity index is 0.000000493. The van der Waals surface area contributed by atoms with Gasteiger partial charge >= 0.3 is 12.1 Å². The number of carbonyl (C=O) groups excluding carboxylic acids is 1. The highest BCUT2D eigenvalue weighted by Gasteiger charge is 2.38. The molecule has 41 heavy (non-hydrogen) atoms. The van der Waals surface area contributed by atoms with Crippen molar-refractivity contribution in [2.75, 3.05) is 13.1 Å². The SMILES string of the molecule is O=C(NS(=O)C1CC1)c1cc(C2CC2)c(CN2CCC(Oc3cc(Cl)cc(Cl)c3)CC2)cc1F.O=C(O)C(F)(F)F. The molecule has 0 spiro atoms. The number of carboxylic acid groups (broad SMARTS) is 1. The summed E-state index contributed by atoms with van der Waals surface area (Å²) < 4.78 is 67.3. The number of hydrogen-bond donors (Lipinski definition) is 2. The van der Waals surface area contributed by atoms with Crippen LogP contribution in [0.2, 0.25) is 10.0 Å². The smallest absolute Gasteiger partial charge is 0.490 e. The molecule has 2 saturated carbocycles. The number of ether oxygens (including phenoxy) is 1. The van der Waals surface area contributed by atoms with Gasteiger partial charge in [0.15, 0.2) is 0 Å². The van der Waals surface area contributed by atoms with Crippen molar-refractivity contribution in [2.45, 2.75) is 68.5 Å². The lowest BCUT2D eigenvalue weighted by atomic mass is 9.97. The van der Waals surface area contributed by atoms with Crippen molar-refractivity contribution in [1.82, 2.24) is 9.62 Å². The molecule has 2 aromatic carbocycles. The predicted molar refractivity (Wildman–Crippen MR) is 146 cm³/mol. The quantitative estimate of drug-likeness (QED) is 0.332. The van der Waals surface area contributed by atoms with Gasteiger partial charge in [0.1, 0.15) is 28.7 Å². The van der Waals surface area contributed by atoms with E-state index in [2.05, 4.69) is 9.62 Å². The Bertz CT molecular complexity index is 1290. The largest absolute Gasteiger partial charge is 0.490 e. The summed E-state index contributed by atoms with van der Waals surface area (Å²) in [5.41, 5.74) is 1.96. The maximum Gasteiger partial charge on any atom is 0.490 e. The third kappa shape index (κ3) is 9.29. The van der Waals surface area contributed by atoms with Gasteiger partial charge in [0, 0.05) is 29.7 Å². The molecule has 1 saturated heterocycles. The summed E-state index contributed by atoms with van der Waals surface area (Å²) in [5.74, 6) is -2.86. The van der Waals surface area contributed by atoms with Gasteiger partial charge in [-0.15, -0.1) is 0 Å². The second-order valence-corrected chi connectivity index (χ2v) is 12.6. The fourth-order valence-corrected chi connectivity index (χ4v) is 5.97. The van der Waals surface area contributed by atoms with Gasteiger partial charge in [-0.2, -0.15) is 13.2 Å². The van der Waals surface area contributed by atoms with E-state index in [1.807, 2.05) is 0 Å². The van der Waals surface area contributed by atoms with Gasteiger partial charge in [0.05, 0.1) is 10.8 Å². The number of likely N-dealkylation sites (tertiary alicyclic amines) is 1. The van der Waals surface area contributed by atoms with E-state index in [1.54, 1.807) is 24.3 Å². The number of carbonyl (C=O) groups is 2. The summed E-state index contributed by atoms with van der Waals surface area (Å²) in [5, 5.41) is 8.23. The van der Waals surface area contributed by atoms with Crippen LogP contribution in [-0.4, -0.2) is 56.7 Å². The van der Waals surface area contributed by atoms with Crippen molar-refractivity contribution in [3.63, 3.8) is 0 Å². The zero-order valence-corrected chi connectivity index (χ0v) is 24.0. The molecule has 2 aliphatic carbocycles. The van der Waals surface area contributed by atoms with Crippen molar-refractivity contribution in [3.8, 4) is 5.75 Å². The highest BCUT2D eigenvalue weighted by Crippen LogP contribution is 2.43. The van der Waals surface area contributed by atoms with Crippen molar-refractivity contribution < 1.29 is 41.2 Å². The highest BCUT2D eigenvalue weighted by atomic mass is 35.5. The minimum absolute atomic E-state index is 0.00746. The first-order chi connectivity index (χ1) is 19.3. The molecule has 1 amide bonds. The highest BCUT2D eigenvalue weighted by molar-refractivity contribution is 7.84. The van der Waals surface area contributed by atoms with E-state index < -0.39 is 34.9 Å². The zero-order valence-electron chi connectivity index (χ0n) is 21.7. The van der Waals surface area contributed by atoms with Crippen LogP contribution in [-0.2, 0) is 22.3 Å². The maximum absolute atomic E-state index is 14.9. The normalized spacial score (nSPS) is 18.7. The summed E-state index contributed by atoms with van der Waals surface area (Å²) in [6.07, 6.45) is 0.464. The molecule has 1 heterocycles. The molecule has 2 aromatic rings. The molecule has 3 aliphatic rings. The Kier molecular flexibility index (Phi) is 10.2. The summed E-state index contributed by atoms with van der Waals surface area (Å²) in [6.45, 7) is 2.29. The molecule has 0 aromatic heterocycles. The third-order valence-corrected chi connectivity index (χ3v) is 8.72. The zero-order chi connectivity index (χ0) is 29.9. The van der Waals surface area contributed by atoms with Crippen LogP contribution < -0.4 is 9.46 Å². The minimum atomic E-state index is -5.08. The van der Waals surface area contributed by atoms with Gasteiger partial charge in [0.25, 0.3) is 5.91 Å². The van der Waals surface area contributed by atoms with Crippen LogP contribution in [0, 0.1) is 5.82 Å². The fraction of sp³-hybridized carbons (Fsp3) is 0.481. The first kappa shape index (κ1) is 31.5. The van der Waals surface area contributed by atoms with E-state index in [4.69, 9.17) is 37.8 Å². The molecule has 224 valence electrons. The summed E-state index contributed by atoms with van der Waals surface area (Å²) in [4.78, 5) is 23.7. The van der Waals surface area contributed by atoms with Crippen molar-refractivity contribution in [3.05, 3.63) is 62.9 Å². The number of halogens is 6. The van der Waals surface area contributed by atoms with E-state index in [1.165, 1.54) is 6.07 Å². The van der Waals surface area contributed by atoms with E-state index in [-0.39, 0.29) is 16.9 Å². The van der Waals surface area contributed by atoms with Crippen LogP contribution in [0.1, 0.15) is 65.9 Å². The number of aliphatic carboxylic acids is 1. The predicted octanol–water partition coefficient (Wildman–Crippen LogP) is 6.24. The average molecular weight is 639 g/mol. The molecule has 0 bridgehead atoms. The van der Waals surface area contributed by atoms with Crippen LogP contribution in [0.5, 0.6) is 5.75 Å². The topological polar surface area (TPSA) is 95.9 Å². The molecule has 1 atom stereocenters. The number of alkyl halides is 3. The van der Waals surface area contributed by atoms with Gasteiger partial charge < -0.3 is 9.84 Å². The lowest BCUT2D eigenvalue weighted by Crippen LogP contribution is -2.38. The summed E-state index contributed by atoms with van der Waals surface area (Å²) >= 11 is 12.1. The van der Waals surface area contributed by atoms with E-state index in [0.717, 1.165) is 62.7 Å². The molecular weight excluding hydrogens is 611 g/mol. The van der Waals surface area contributed by atoms with Gasteiger partial charge in [-0.3, -0.25) is 14.4 Å².